The van der Waals surface area contributed by atoms with Crippen LogP contribution < -0.4 is 0 Å². The maximum Gasteiger partial charge on any atom is 0.0593 e. The van der Waals surface area contributed by atoms with Gasteiger partial charge < -0.3 is 9.64 Å². The minimum Gasteiger partial charge on any atom is -0.380 e. The summed E-state index contributed by atoms with van der Waals surface area (Å²) in [5.41, 5.74) is 0. The summed E-state index contributed by atoms with van der Waals surface area (Å²) in [5.74, 6) is 0.913. The van der Waals surface area contributed by atoms with E-state index >= 15 is 0 Å². The molecule has 0 amide bonds. The van der Waals surface area contributed by atoms with Gasteiger partial charge in [-0.3, -0.25) is 0 Å². The summed E-state index contributed by atoms with van der Waals surface area (Å²) in [4.78, 5) is 3.18. The zero-order chi connectivity index (χ0) is 10.4. The van der Waals surface area contributed by atoms with Gasteiger partial charge in [0.2, 0.25) is 0 Å². The predicted molar refractivity (Wildman–Crippen MR) is 64.0 cm³/mol. The molecule has 1 rings (SSSR count). The van der Waals surface area contributed by atoms with Crippen LogP contribution in [0.25, 0.3) is 0 Å². The van der Waals surface area contributed by atoms with E-state index in [2.05, 4.69) is 34.8 Å². The molecule has 0 saturated heterocycles. The summed E-state index contributed by atoms with van der Waals surface area (Å²) in [7, 11) is 2.19. The van der Waals surface area contributed by atoms with E-state index in [-0.39, 0.29) is 0 Å². The van der Waals surface area contributed by atoms with Crippen molar-refractivity contribution in [2.24, 2.45) is 5.92 Å². The first-order valence-electron chi connectivity index (χ1n) is 5.62. The normalized spacial score (nSPS) is 26.6. The summed E-state index contributed by atoms with van der Waals surface area (Å²) in [6.45, 7) is 6.24. The van der Waals surface area contributed by atoms with Gasteiger partial charge in [-0.25, -0.2) is 0 Å². The van der Waals surface area contributed by atoms with E-state index in [0.29, 0.717) is 0 Å². The predicted octanol–water partition coefficient (Wildman–Crippen LogP) is 2.52. The Bertz CT molecular complexity index is 148. The fraction of sp³-hybridized carbons (Fsp3) is 1.00. The average Bonchev–Trinajstić information content (AvgIpc) is 2.10. The largest absolute Gasteiger partial charge is 0.380 e. The molecule has 14 heavy (non-hydrogen) atoms. The lowest BCUT2D eigenvalue weighted by Gasteiger charge is -2.34. The molecule has 1 aliphatic carbocycles. The van der Waals surface area contributed by atoms with E-state index < -0.39 is 0 Å². The van der Waals surface area contributed by atoms with Crippen LogP contribution >= 0.6 is 15.9 Å². The third-order valence-corrected chi connectivity index (χ3v) is 3.46. The van der Waals surface area contributed by atoms with Gasteiger partial charge in [0.05, 0.1) is 6.61 Å². The highest BCUT2D eigenvalue weighted by Crippen LogP contribution is 2.33. The summed E-state index contributed by atoms with van der Waals surface area (Å²) in [6, 6.07) is 0. The molecule has 0 bridgehead atoms. The number of likely N-dealkylation sites (N-methyl/N-ethyl adjacent to an activating group) is 1. The lowest BCUT2D eigenvalue weighted by molar-refractivity contribution is 0.101. The average molecular weight is 264 g/mol. The van der Waals surface area contributed by atoms with Crippen molar-refractivity contribution in [1.29, 1.82) is 0 Å². The third-order valence-electron chi connectivity index (χ3n) is 2.71. The van der Waals surface area contributed by atoms with Crippen molar-refractivity contribution >= 4 is 15.9 Å². The number of rotatable bonds is 7. The summed E-state index contributed by atoms with van der Waals surface area (Å²) in [5, 5.41) is 0. The molecule has 1 saturated carbocycles. The summed E-state index contributed by atoms with van der Waals surface area (Å²) in [6.07, 6.45) is 3.82. The van der Waals surface area contributed by atoms with Crippen molar-refractivity contribution in [2.45, 2.75) is 31.0 Å². The quantitative estimate of drug-likeness (QED) is 0.517. The molecule has 3 heteroatoms. The standard InChI is InChI=1S/C11H22BrNO/c1-3-5-14-6-4-13(2)9-10-7-11(12)8-10/h10-11H,3-9H2,1-2H3. The number of hydrogen-bond donors (Lipinski definition) is 0. The first-order chi connectivity index (χ1) is 6.72. The number of hydrogen-bond acceptors (Lipinski definition) is 2. The van der Waals surface area contributed by atoms with Gasteiger partial charge in [-0.15, -0.1) is 0 Å². The topological polar surface area (TPSA) is 12.5 Å². The number of nitrogens with zero attached hydrogens (tertiary/aromatic N) is 1. The molecule has 0 unspecified atom stereocenters. The summed E-state index contributed by atoms with van der Waals surface area (Å²) < 4.78 is 5.46. The van der Waals surface area contributed by atoms with Crippen LogP contribution in [0, 0.1) is 5.92 Å². The van der Waals surface area contributed by atoms with Crippen molar-refractivity contribution < 1.29 is 4.74 Å². The first kappa shape index (κ1) is 12.5. The van der Waals surface area contributed by atoms with Gasteiger partial charge in [-0.2, -0.15) is 0 Å². The van der Waals surface area contributed by atoms with Crippen molar-refractivity contribution in [3.63, 3.8) is 0 Å². The fourth-order valence-corrected chi connectivity index (χ4v) is 2.86. The van der Waals surface area contributed by atoms with Crippen molar-refractivity contribution in [1.82, 2.24) is 4.90 Å². The van der Waals surface area contributed by atoms with Gasteiger partial charge in [-0.1, -0.05) is 22.9 Å². The Labute approximate surface area is 96.1 Å². The second-order valence-corrected chi connectivity index (χ2v) is 5.60. The zero-order valence-electron chi connectivity index (χ0n) is 9.34. The molecular formula is C11H22BrNO. The molecule has 0 aromatic carbocycles. The molecule has 0 radical (unpaired) electrons. The van der Waals surface area contributed by atoms with Crippen LogP contribution in [0.2, 0.25) is 0 Å². The Morgan fingerprint density at radius 3 is 2.64 bits per heavy atom. The van der Waals surface area contributed by atoms with Gasteiger partial charge >= 0.3 is 0 Å². The minimum absolute atomic E-state index is 0.789. The molecule has 1 aliphatic rings. The molecule has 0 atom stereocenters. The molecule has 2 nitrogen and oxygen atoms in total. The Kier molecular flexibility index (Phi) is 6.06. The van der Waals surface area contributed by atoms with E-state index in [9.17, 15) is 0 Å². The molecule has 0 aromatic rings. The smallest absolute Gasteiger partial charge is 0.0593 e. The van der Waals surface area contributed by atoms with Gasteiger partial charge in [0.1, 0.15) is 0 Å². The third kappa shape index (κ3) is 4.76. The Morgan fingerprint density at radius 2 is 2.07 bits per heavy atom. The Hall–Kier alpha value is 0.400. The van der Waals surface area contributed by atoms with Crippen molar-refractivity contribution in [2.75, 3.05) is 33.4 Å². The number of alkyl halides is 1. The molecule has 0 aromatic heterocycles. The van der Waals surface area contributed by atoms with E-state index in [1.807, 2.05) is 0 Å². The number of ether oxygens (including phenoxy) is 1. The highest BCUT2D eigenvalue weighted by atomic mass is 79.9. The molecule has 84 valence electrons. The van der Waals surface area contributed by atoms with E-state index in [4.69, 9.17) is 4.74 Å². The van der Waals surface area contributed by atoms with Crippen LogP contribution in [0.3, 0.4) is 0 Å². The van der Waals surface area contributed by atoms with E-state index in [0.717, 1.165) is 36.9 Å². The fourth-order valence-electron chi connectivity index (χ4n) is 1.80. The van der Waals surface area contributed by atoms with Gasteiger partial charge in [0.15, 0.2) is 0 Å². The van der Waals surface area contributed by atoms with Crippen LogP contribution in [0.4, 0.5) is 0 Å². The lowest BCUT2D eigenvalue weighted by atomic mass is 9.85. The van der Waals surface area contributed by atoms with Gasteiger partial charge in [0, 0.05) is 24.5 Å². The highest BCUT2D eigenvalue weighted by molar-refractivity contribution is 9.09. The lowest BCUT2D eigenvalue weighted by Crippen LogP contribution is -2.36. The van der Waals surface area contributed by atoms with E-state index in [1.165, 1.54) is 19.4 Å². The molecule has 0 heterocycles. The molecule has 0 aliphatic heterocycles. The van der Waals surface area contributed by atoms with Crippen molar-refractivity contribution in [3.8, 4) is 0 Å². The maximum absolute atomic E-state index is 5.46. The van der Waals surface area contributed by atoms with Crippen LogP contribution in [-0.2, 0) is 4.74 Å². The van der Waals surface area contributed by atoms with Crippen LogP contribution in [0.1, 0.15) is 26.2 Å². The van der Waals surface area contributed by atoms with Crippen LogP contribution in [0.15, 0.2) is 0 Å². The Morgan fingerprint density at radius 1 is 1.36 bits per heavy atom. The second-order valence-electron chi connectivity index (χ2n) is 4.31. The highest BCUT2D eigenvalue weighted by Gasteiger charge is 2.27. The monoisotopic (exact) mass is 263 g/mol. The first-order valence-corrected chi connectivity index (χ1v) is 6.54. The molecule has 1 fully saturated rings. The van der Waals surface area contributed by atoms with Crippen LogP contribution in [-0.4, -0.2) is 43.1 Å². The second kappa shape index (κ2) is 6.81. The number of halogens is 1. The van der Waals surface area contributed by atoms with Gasteiger partial charge in [-0.05, 0) is 32.2 Å². The molecule has 0 spiro atoms. The SMILES string of the molecule is CCCOCCN(C)CC1CC(Br)C1. The van der Waals surface area contributed by atoms with Gasteiger partial charge in [0.25, 0.3) is 0 Å². The Balaban J connectivity index is 1.91. The summed E-state index contributed by atoms with van der Waals surface area (Å²) >= 11 is 3.62. The molecular weight excluding hydrogens is 242 g/mol. The zero-order valence-corrected chi connectivity index (χ0v) is 10.9. The van der Waals surface area contributed by atoms with Crippen LogP contribution in [0.5, 0.6) is 0 Å². The van der Waals surface area contributed by atoms with E-state index in [1.54, 1.807) is 0 Å². The minimum atomic E-state index is 0.789. The van der Waals surface area contributed by atoms with Crippen molar-refractivity contribution in [3.05, 3.63) is 0 Å². The maximum atomic E-state index is 5.46. The molecule has 0 N–H and O–H groups in total.